The Labute approximate surface area is 237 Å². The van der Waals surface area contributed by atoms with Crippen molar-refractivity contribution < 1.29 is 29.0 Å². The molecule has 0 heterocycles. The fourth-order valence-electron chi connectivity index (χ4n) is 4.02. The number of carboxylic acid groups (broad SMARTS) is 1. The molecule has 2 aromatic carbocycles. The van der Waals surface area contributed by atoms with Gasteiger partial charge in [-0.1, -0.05) is 62.8 Å². The van der Waals surface area contributed by atoms with E-state index >= 15 is 0 Å². The minimum Gasteiger partial charge on any atom is -0.481 e. The smallest absolute Gasteiger partial charge is 0.412 e. The van der Waals surface area contributed by atoms with E-state index in [2.05, 4.69) is 16.0 Å². The van der Waals surface area contributed by atoms with E-state index < -0.39 is 17.7 Å². The van der Waals surface area contributed by atoms with Crippen LogP contribution in [-0.4, -0.2) is 41.1 Å². The first-order valence-electron chi connectivity index (χ1n) is 14.0. The second-order valence-corrected chi connectivity index (χ2v) is 10.8. The van der Waals surface area contributed by atoms with Crippen LogP contribution in [-0.2, 0) is 20.7 Å². The first kappa shape index (κ1) is 32.3. The number of unbranched alkanes of at least 4 members (excludes halogenated alkanes) is 7. The van der Waals surface area contributed by atoms with Crippen LogP contribution in [0.1, 0.15) is 94.5 Å². The van der Waals surface area contributed by atoms with Gasteiger partial charge >= 0.3 is 12.1 Å². The highest BCUT2D eigenvalue weighted by molar-refractivity contribution is 6.06. The SMILES string of the molecule is CC(C)(C)OC(=O)Nc1ccccc1NC(=O)c1ccc(CC(=O)NCCCCCCCCCCC(=O)O)cc1. The summed E-state index contributed by atoms with van der Waals surface area (Å²) in [6.07, 6.45) is 8.01. The molecule has 40 heavy (non-hydrogen) atoms. The number of hydrogen-bond acceptors (Lipinski definition) is 5. The molecule has 0 saturated carbocycles. The van der Waals surface area contributed by atoms with E-state index in [9.17, 15) is 19.2 Å². The van der Waals surface area contributed by atoms with Crippen LogP contribution in [0.3, 0.4) is 0 Å². The van der Waals surface area contributed by atoms with Crippen molar-refractivity contribution in [3.63, 3.8) is 0 Å². The van der Waals surface area contributed by atoms with E-state index in [0.29, 0.717) is 23.5 Å². The third-order valence-electron chi connectivity index (χ3n) is 6.03. The summed E-state index contributed by atoms with van der Waals surface area (Å²) in [5.74, 6) is -1.12. The van der Waals surface area contributed by atoms with Crippen LogP contribution in [0.15, 0.2) is 48.5 Å². The van der Waals surface area contributed by atoms with Crippen LogP contribution in [0.4, 0.5) is 16.2 Å². The molecule has 2 rings (SSSR count). The maximum absolute atomic E-state index is 12.8. The van der Waals surface area contributed by atoms with Crippen molar-refractivity contribution in [1.82, 2.24) is 5.32 Å². The number of carbonyl (C=O) groups is 4. The lowest BCUT2D eigenvalue weighted by Crippen LogP contribution is -2.27. The standard InChI is InChI=1S/C31H43N3O6/c1-31(2,3)40-30(39)34-26-15-12-11-14-25(26)33-29(38)24-19-17-23(18-20-24)22-27(35)32-21-13-9-7-5-4-6-8-10-16-28(36)37/h11-12,14-15,17-20H,4-10,13,16,21-22H2,1-3H3,(H,32,35)(H,33,38)(H,34,39)(H,36,37). The molecule has 0 aromatic heterocycles. The lowest BCUT2D eigenvalue weighted by molar-refractivity contribution is -0.137. The molecule has 0 unspecified atom stereocenters. The molecule has 0 aliphatic carbocycles. The zero-order valence-corrected chi connectivity index (χ0v) is 23.9. The lowest BCUT2D eigenvalue weighted by Gasteiger charge is -2.20. The molecule has 218 valence electrons. The lowest BCUT2D eigenvalue weighted by atomic mass is 10.1. The fraction of sp³-hybridized carbons (Fsp3) is 0.484. The van der Waals surface area contributed by atoms with Gasteiger partial charge in [-0.3, -0.25) is 19.7 Å². The largest absolute Gasteiger partial charge is 0.481 e. The van der Waals surface area contributed by atoms with Crippen molar-refractivity contribution in [2.75, 3.05) is 17.2 Å². The second-order valence-electron chi connectivity index (χ2n) is 10.8. The Morgan fingerprint density at radius 1 is 0.750 bits per heavy atom. The van der Waals surface area contributed by atoms with Gasteiger partial charge < -0.3 is 20.5 Å². The van der Waals surface area contributed by atoms with Gasteiger partial charge in [0.2, 0.25) is 5.91 Å². The summed E-state index contributed by atoms with van der Waals surface area (Å²) in [4.78, 5) is 47.7. The van der Waals surface area contributed by atoms with E-state index in [1.54, 1.807) is 69.3 Å². The molecule has 0 spiro atoms. The molecule has 9 nitrogen and oxygen atoms in total. The minimum absolute atomic E-state index is 0.0576. The first-order chi connectivity index (χ1) is 19.0. The van der Waals surface area contributed by atoms with Gasteiger partial charge in [-0.25, -0.2) is 4.79 Å². The summed E-state index contributed by atoms with van der Waals surface area (Å²) in [5, 5.41) is 17.0. The molecule has 2 aromatic rings. The quantitative estimate of drug-likeness (QED) is 0.174. The van der Waals surface area contributed by atoms with E-state index in [0.717, 1.165) is 56.9 Å². The number of para-hydroxylation sites is 2. The highest BCUT2D eigenvalue weighted by atomic mass is 16.6. The fourth-order valence-corrected chi connectivity index (χ4v) is 4.02. The van der Waals surface area contributed by atoms with Crippen molar-refractivity contribution in [2.45, 2.75) is 90.6 Å². The number of hydrogen-bond donors (Lipinski definition) is 4. The molecule has 9 heteroatoms. The predicted octanol–water partition coefficient (Wildman–Crippen LogP) is 6.54. The Bertz CT molecular complexity index is 1110. The van der Waals surface area contributed by atoms with Gasteiger partial charge in [-0.15, -0.1) is 0 Å². The summed E-state index contributed by atoms with van der Waals surface area (Å²) >= 11 is 0. The highest BCUT2D eigenvalue weighted by Crippen LogP contribution is 2.23. The maximum Gasteiger partial charge on any atom is 0.412 e. The van der Waals surface area contributed by atoms with E-state index in [1.165, 1.54) is 0 Å². The number of amides is 3. The molecular weight excluding hydrogens is 510 g/mol. The third kappa shape index (κ3) is 13.8. The van der Waals surface area contributed by atoms with Crippen molar-refractivity contribution in [3.05, 3.63) is 59.7 Å². The molecule has 0 saturated heterocycles. The number of nitrogens with one attached hydrogen (secondary N) is 3. The van der Waals surface area contributed by atoms with Gasteiger partial charge in [0.25, 0.3) is 5.91 Å². The second kappa shape index (κ2) is 16.9. The number of aliphatic carboxylic acids is 1. The predicted molar refractivity (Wildman–Crippen MR) is 157 cm³/mol. The molecule has 0 aliphatic rings. The number of carbonyl (C=O) groups excluding carboxylic acids is 3. The van der Waals surface area contributed by atoms with Gasteiger partial charge in [0.05, 0.1) is 17.8 Å². The topological polar surface area (TPSA) is 134 Å². The van der Waals surface area contributed by atoms with Gasteiger partial charge in [-0.05, 0) is 63.4 Å². The van der Waals surface area contributed by atoms with Gasteiger partial charge in [0, 0.05) is 18.5 Å². The van der Waals surface area contributed by atoms with E-state index in [1.807, 2.05) is 0 Å². The van der Waals surface area contributed by atoms with E-state index in [4.69, 9.17) is 9.84 Å². The Balaban J connectivity index is 1.69. The summed E-state index contributed by atoms with van der Waals surface area (Å²) in [5.41, 5.74) is 1.46. The molecule has 0 aliphatic heterocycles. The zero-order chi connectivity index (χ0) is 29.4. The van der Waals surface area contributed by atoms with Gasteiger partial charge in [0.15, 0.2) is 0 Å². The first-order valence-corrected chi connectivity index (χ1v) is 14.0. The average molecular weight is 554 g/mol. The van der Waals surface area contributed by atoms with Crippen LogP contribution in [0, 0.1) is 0 Å². The van der Waals surface area contributed by atoms with Crippen molar-refractivity contribution in [3.8, 4) is 0 Å². The van der Waals surface area contributed by atoms with Crippen LogP contribution in [0.5, 0.6) is 0 Å². The monoisotopic (exact) mass is 553 g/mol. The number of benzene rings is 2. The Hall–Kier alpha value is -3.88. The molecule has 3 amide bonds. The molecule has 4 N–H and O–H groups in total. The maximum atomic E-state index is 12.8. The summed E-state index contributed by atoms with van der Waals surface area (Å²) in [6.45, 7) is 5.95. The average Bonchev–Trinajstić information content (AvgIpc) is 2.87. The van der Waals surface area contributed by atoms with Crippen molar-refractivity contribution in [2.24, 2.45) is 0 Å². The number of anilines is 2. The normalized spacial score (nSPS) is 11.0. The molecule has 0 fully saturated rings. The Kier molecular flexibility index (Phi) is 13.7. The number of carboxylic acids is 1. The summed E-state index contributed by atoms with van der Waals surface area (Å²) < 4.78 is 5.29. The van der Waals surface area contributed by atoms with Crippen LogP contribution < -0.4 is 16.0 Å². The van der Waals surface area contributed by atoms with Crippen LogP contribution in [0.25, 0.3) is 0 Å². The molecule has 0 bridgehead atoms. The number of ether oxygens (including phenoxy) is 1. The van der Waals surface area contributed by atoms with Gasteiger partial charge in [-0.2, -0.15) is 0 Å². The van der Waals surface area contributed by atoms with Crippen molar-refractivity contribution in [1.29, 1.82) is 0 Å². The zero-order valence-electron chi connectivity index (χ0n) is 23.9. The van der Waals surface area contributed by atoms with E-state index in [-0.39, 0.29) is 24.7 Å². The molecule has 0 radical (unpaired) electrons. The summed E-state index contributed by atoms with van der Waals surface area (Å²) in [6, 6.07) is 13.7. The Morgan fingerprint density at radius 3 is 1.88 bits per heavy atom. The van der Waals surface area contributed by atoms with Crippen LogP contribution in [0.2, 0.25) is 0 Å². The molecule has 0 atom stereocenters. The van der Waals surface area contributed by atoms with Crippen molar-refractivity contribution >= 4 is 35.3 Å². The summed E-state index contributed by atoms with van der Waals surface area (Å²) in [7, 11) is 0. The number of rotatable bonds is 16. The Morgan fingerprint density at radius 2 is 1.30 bits per heavy atom. The van der Waals surface area contributed by atoms with Crippen LogP contribution >= 0.6 is 0 Å². The highest BCUT2D eigenvalue weighted by Gasteiger charge is 2.18. The van der Waals surface area contributed by atoms with Gasteiger partial charge in [0.1, 0.15) is 5.60 Å². The minimum atomic E-state index is -0.726. The molecular formula is C31H43N3O6. The third-order valence-corrected chi connectivity index (χ3v) is 6.03.